The predicted molar refractivity (Wildman–Crippen MR) is 89.6 cm³/mol. The summed E-state index contributed by atoms with van der Waals surface area (Å²) in [6, 6.07) is 10.9. The van der Waals surface area contributed by atoms with Crippen LogP contribution < -0.4 is 9.47 Å². The van der Waals surface area contributed by atoms with E-state index in [0.717, 1.165) is 10.5 Å². The highest BCUT2D eigenvalue weighted by molar-refractivity contribution is 9.10. The number of halogens is 1. The summed E-state index contributed by atoms with van der Waals surface area (Å²) < 4.78 is 16.5. The summed E-state index contributed by atoms with van der Waals surface area (Å²) >= 11 is 3.32. The van der Waals surface area contributed by atoms with Crippen molar-refractivity contribution >= 4 is 27.6 Å². The van der Waals surface area contributed by atoms with Gasteiger partial charge >= 0.3 is 5.97 Å². The van der Waals surface area contributed by atoms with E-state index >= 15 is 0 Å². The average molecular weight is 396 g/mol. The molecule has 0 unspecified atom stereocenters. The van der Waals surface area contributed by atoms with E-state index in [1.54, 1.807) is 12.1 Å². The molecule has 24 heavy (non-hydrogen) atoms. The molecule has 0 heterocycles. The third kappa shape index (κ3) is 4.69. The van der Waals surface area contributed by atoms with Gasteiger partial charge in [0.05, 0.1) is 12.0 Å². The van der Waals surface area contributed by atoms with E-state index < -0.39 is 10.9 Å². The molecule has 0 saturated heterocycles. The maximum atomic E-state index is 12.1. The van der Waals surface area contributed by atoms with Gasteiger partial charge in [-0.25, -0.2) is 4.79 Å². The summed E-state index contributed by atoms with van der Waals surface area (Å²) in [6.07, 6.45) is 0. The van der Waals surface area contributed by atoms with Gasteiger partial charge < -0.3 is 14.2 Å². The van der Waals surface area contributed by atoms with Gasteiger partial charge in [-0.15, -0.1) is 0 Å². The molecule has 0 bridgehead atoms. The van der Waals surface area contributed by atoms with Crippen LogP contribution in [0.1, 0.15) is 10.4 Å². The predicted octanol–water partition coefficient (Wildman–Crippen LogP) is 3.60. The number of carbonyl (C=O) groups excluding carboxylic acids is 1. The van der Waals surface area contributed by atoms with Gasteiger partial charge in [-0.2, -0.15) is 0 Å². The van der Waals surface area contributed by atoms with Crippen molar-refractivity contribution in [2.75, 3.05) is 20.3 Å². The van der Waals surface area contributed by atoms with Gasteiger partial charge in [0.1, 0.15) is 30.3 Å². The molecule has 126 valence electrons. The van der Waals surface area contributed by atoms with Crippen LogP contribution in [0.2, 0.25) is 0 Å². The van der Waals surface area contributed by atoms with Gasteiger partial charge in [0.25, 0.3) is 5.69 Å². The second-order valence-corrected chi connectivity index (χ2v) is 5.50. The van der Waals surface area contributed by atoms with Gasteiger partial charge in [0.2, 0.25) is 0 Å². The minimum Gasteiger partial charge on any atom is -0.496 e. The van der Waals surface area contributed by atoms with Gasteiger partial charge in [-0.3, -0.25) is 10.1 Å². The quantitative estimate of drug-likeness (QED) is 0.308. The summed E-state index contributed by atoms with van der Waals surface area (Å²) in [7, 11) is 1.37. The number of ether oxygens (including phenoxy) is 3. The number of hydrogen-bond donors (Lipinski definition) is 0. The highest BCUT2D eigenvalue weighted by Crippen LogP contribution is 2.24. The van der Waals surface area contributed by atoms with Crippen molar-refractivity contribution in [3.63, 3.8) is 0 Å². The second-order valence-electron chi connectivity index (χ2n) is 4.58. The summed E-state index contributed by atoms with van der Waals surface area (Å²) in [6.45, 7) is 0.158. The molecule has 8 heteroatoms. The molecule has 0 saturated carbocycles. The Bertz CT molecular complexity index is 732. The number of carbonyl (C=O) groups is 1. The largest absolute Gasteiger partial charge is 0.496 e. The number of hydrogen-bond acceptors (Lipinski definition) is 6. The Morgan fingerprint density at radius 2 is 1.88 bits per heavy atom. The van der Waals surface area contributed by atoms with Crippen LogP contribution in [0.25, 0.3) is 0 Å². The molecule has 0 spiro atoms. The van der Waals surface area contributed by atoms with E-state index in [1.807, 2.05) is 12.1 Å². The molecule has 2 aromatic rings. The van der Waals surface area contributed by atoms with E-state index in [1.165, 1.54) is 19.2 Å². The van der Waals surface area contributed by atoms with Crippen LogP contribution in [0, 0.1) is 10.1 Å². The molecule has 0 aromatic heterocycles. The van der Waals surface area contributed by atoms with Gasteiger partial charge in [0.15, 0.2) is 0 Å². The molecule has 0 fully saturated rings. The topological polar surface area (TPSA) is 87.9 Å². The minimum absolute atomic E-state index is 0.000738. The summed E-state index contributed by atoms with van der Waals surface area (Å²) in [5, 5.41) is 10.8. The highest BCUT2D eigenvalue weighted by Gasteiger charge is 2.18. The Labute approximate surface area is 146 Å². The van der Waals surface area contributed by atoms with Crippen LogP contribution >= 0.6 is 15.9 Å². The van der Waals surface area contributed by atoms with Crippen LogP contribution in [0.15, 0.2) is 46.9 Å². The molecule has 0 amide bonds. The molecule has 0 aliphatic heterocycles. The first-order chi connectivity index (χ1) is 11.5. The van der Waals surface area contributed by atoms with Crippen molar-refractivity contribution in [2.45, 2.75) is 0 Å². The van der Waals surface area contributed by atoms with Gasteiger partial charge in [-0.05, 0) is 30.3 Å². The number of non-ortho nitro benzene ring substituents is 1. The number of nitro benzene ring substituents is 1. The van der Waals surface area contributed by atoms with Gasteiger partial charge in [0, 0.05) is 16.6 Å². The number of rotatable bonds is 7. The summed E-state index contributed by atoms with van der Waals surface area (Å²) in [5.74, 6) is 0.136. The van der Waals surface area contributed by atoms with Crippen LogP contribution in [-0.4, -0.2) is 31.2 Å². The number of methoxy groups -OCH3 is 1. The Hall–Kier alpha value is -2.61. The normalized spacial score (nSPS) is 10.1. The fraction of sp³-hybridized carbons (Fsp3) is 0.188. The van der Waals surface area contributed by atoms with E-state index in [-0.39, 0.29) is 30.2 Å². The molecule has 7 nitrogen and oxygen atoms in total. The smallest absolute Gasteiger partial charge is 0.342 e. The number of esters is 1. The van der Waals surface area contributed by atoms with E-state index in [0.29, 0.717) is 5.75 Å². The summed E-state index contributed by atoms with van der Waals surface area (Å²) in [4.78, 5) is 22.3. The third-order valence-electron chi connectivity index (χ3n) is 3.01. The van der Waals surface area contributed by atoms with Crippen molar-refractivity contribution in [3.8, 4) is 11.5 Å². The first-order valence-corrected chi connectivity index (χ1v) is 7.68. The minimum atomic E-state index is -0.713. The Morgan fingerprint density at radius 3 is 2.50 bits per heavy atom. The Morgan fingerprint density at radius 1 is 1.17 bits per heavy atom. The number of nitrogens with zero attached hydrogens (tertiary/aromatic N) is 1. The standard InChI is InChI=1S/C16H14BrNO6/c1-22-15-7-4-12(18(20)21)10-14(15)16(19)24-9-8-23-13-5-2-11(17)3-6-13/h2-7,10H,8-9H2,1H3. The third-order valence-corrected chi connectivity index (χ3v) is 3.54. The molecule has 0 radical (unpaired) electrons. The van der Waals surface area contributed by atoms with E-state index in [4.69, 9.17) is 14.2 Å². The van der Waals surface area contributed by atoms with E-state index in [2.05, 4.69) is 15.9 Å². The van der Waals surface area contributed by atoms with Crippen molar-refractivity contribution in [3.05, 3.63) is 62.6 Å². The maximum absolute atomic E-state index is 12.1. The zero-order valence-electron chi connectivity index (χ0n) is 12.7. The monoisotopic (exact) mass is 395 g/mol. The van der Waals surface area contributed by atoms with Crippen LogP contribution in [-0.2, 0) is 4.74 Å². The lowest BCUT2D eigenvalue weighted by molar-refractivity contribution is -0.384. The van der Waals surface area contributed by atoms with Crippen molar-refractivity contribution in [1.82, 2.24) is 0 Å². The summed E-state index contributed by atoms with van der Waals surface area (Å²) in [5.41, 5.74) is -0.218. The number of nitro groups is 1. The van der Waals surface area contributed by atoms with Gasteiger partial charge in [-0.1, -0.05) is 15.9 Å². The fourth-order valence-electron chi connectivity index (χ4n) is 1.87. The molecular formula is C16H14BrNO6. The van der Waals surface area contributed by atoms with E-state index in [9.17, 15) is 14.9 Å². The lowest BCUT2D eigenvalue weighted by atomic mass is 10.2. The Kier molecular flexibility index (Phi) is 6.14. The SMILES string of the molecule is COc1ccc([N+](=O)[O-])cc1C(=O)OCCOc1ccc(Br)cc1. The number of benzene rings is 2. The zero-order chi connectivity index (χ0) is 17.5. The molecule has 0 atom stereocenters. The average Bonchev–Trinajstić information content (AvgIpc) is 2.59. The molecular weight excluding hydrogens is 382 g/mol. The maximum Gasteiger partial charge on any atom is 0.342 e. The lowest BCUT2D eigenvalue weighted by Gasteiger charge is -2.09. The Balaban J connectivity index is 1.93. The second kappa shape index (κ2) is 8.30. The van der Waals surface area contributed by atoms with Crippen molar-refractivity contribution < 1.29 is 23.9 Å². The zero-order valence-corrected chi connectivity index (χ0v) is 14.3. The molecule has 0 aliphatic carbocycles. The first-order valence-electron chi connectivity index (χ1n) is 6.89. The van der Waals surface area contributed by atoms with Crippen LogP contribution in [0.5, 0.6) is 11.5 Å². The van der Waals surface area contributed by atoms with Crippen molar-refractivity contribution in [2.24, 2.45) is 0 Å². The van der Waals surface area contributed by atoms with Crippen LogP contribution in [0.3, 0.4) is 0 Å². The molecule has 0 N–H and O–H groups in total. The van der Waals surface area contributed by atoms with Crippen LogP contribution in [0.4, 0.5) is 5.69 Å². The fourth-order valence-corrected chi connectivity index (χ4v) is 2.14. The van der Waals surface area contributed by atoms with Crippen molar-refractivity contribution in [1.29, 1.82) is 0 Å². The highest BCUT2D eigenvalue weighted by atomic mass is 79.9. The first kappa shape index (κ1) is 17.7. The molecule has 2 aromatic carbocycles. The molecule has 0 aliphatic rings. The lowest BCUT2D eigenvalue weighted by Crippen LogP contribution is -2.13. The molecule has 2 rings (SSSR count).